The fraction of sp³-hybridized carbons (Fsp3) is 0. The van der Waals surface area contributed by atoms with E-state index in [4.69, 9.17) is 16.1 Å². The van der Waals surface area contributed by atoms with Gasteiger partial charge in [-0.15, -0.1) is 0 Å². The zero-order valence-electron chi connectivity index (χ0n) is 11.7. The van der Waals surface area contributed by atoms with Gasteiger partial charge in [0, 0.05) is 28.8 Å². The summed E-state index contributed by atoms with van der Waals surface area (Å²) in [6, 6.07) is 13.3. The van der Waals surface area contributed by atoms with E-state index in [-0.39, 0.29) is 5.69 Å². The van der Waals surface area contributed by atoms with Gasteiger partial charge in [-0.3, -0.25) is 10.1 Å². The standard InChI is InChI=1S/C16H10ClN3O3/c17-13-6-1-11(2-7-13)3-10-15-18-16(19-23-15)12-4-8-14(9-5-12)20(21)22/h1-10H. The van der Waals surface area contributed by atoms with E-state index in [1.807, 2.05) is 18.2 Å². The van der Waals surface area contributed by atoms with Gasteiger partial charge >= 0.3 is 0 Å². The van der Waals surface area contributed by atoms with Crippen molar-refractivity contribution < 1.29 is 9.45 Å². The number of nitro benzene ring substituents is 1. The molecule has 23 heavy (non-hydrogen) atoms. The van der Waals surface area contributed by atoms with Crippen LogP contribution in [0.25, 0.3) is 23.5 Å². The molecule has 3 rings (SSSR count). The van der Waals surface area contributed by atoms with Crippen molar-refractivity contribution >= 4 is 29.4 Å². The van der Waals surface area contributed by atoms with Crippen LogP contribution in [0, 0.1) is 10.1 Å². The highest BCUT2D eigenvalue weighted by atomic mass is 35.5. The van der Waals surface area contributed by atoms with Crippen molar-refractivity contribution in [3.8, 4) is 11.4 Å². The number of non-ortho nitro benzene ring substituents is 1. The van der Waals surface area contributed by atoms with Crippen molar-refractivity contribution in [2.75, 3.05) is 0 Å². The third-order valence-electron chi connectivity index (χ3n) is 3.07. The molecule has 0 saturated heterocycles. The smallest absolute Gasteiger partial charge is 0.269 e. The van der Waals surface area contributed by atoms with Gasteiger partial charge in [-0.05, 0) is 35.9 Å². The van der Waals surface area contributed by atoms with Gasteiger partial charge in [-0.25, -0.2) is 0 Å². The van der Waals surface area contributed by atoms with E-state index in [1.165, 1.54) is 12.1 Å². The van der Waals surface area contributed by atoms with Crippen LogP contribution in [-0.2, 0) is 0 Å². The Morgan fingerprint density at radius 1 is 1.04 bits per heavy atom. The number of benzene rings is 2. The lowest BCUT2D eigenvalue weighted by atomic mass is 10.2. The molecule has 114 valence electrons. The SMILES string of the molecule is O=[N+]([O-])c1ccc(-c2noc(C=Cc3ccc(Cl)cc3)n2)cc1. The summed E-state index contributed by atoms with van der Waals surface area (Å²) in [6.45, 7) is 0. The number of rotatable bonds is 4. The average Bonchev–Trinajstić information content (AvgIpc) is 3.03. The van der Waals surface area contributed by atoms with Gasteiger partial charge in [0.05, 0.1) is 4.92 Å². The first-order valence-electron chi connectivity index (χ1n) is 6.64. The first kappa shape index (κ1) is 14.9. The normalized spacial score (nSPS) is 11.0. The monoisotopic (exact) mass is 327 g/mol. The van der Waals surface area contributed by atoms with Crippen LogP contribution >= 0.6 is 11.6 Å². The van der Waals surface area contributed by atoms with Gasteiger partial charge in [0.25, 0.3) is 11.6 Å². The fourth-order valence-corrected chi connectivity index (χ4v) is 2.02. The molecule has 1 aromatic heterocycles. The topological polar surface area (TPSA) is 82.1 Å². The summed E-state index contributed by atoms with van der Waals surface area (Å²) in [6.07, 6.45) is 3.51. The molecule has 0 unspecified atom stereocenters. The first-order chi connectivity index (χ1) is 11.1. The summed E-state index contributed by atoms with van der Waals surface area (Å²) in [4.78, 5) is 14.4. The van der Waals surface area contributed by atoms with Crippen LogP contribution in [-0.4, -0.2) is 15.1 Å². The summed E-state index contributed by atoms with van der Waals surface area (Å²) < 4.78 is 5.13. The lowest BCUT2D eigenvalue weighted by Gasteiger charge is -1.93. The molecule has 0 fully saturated rings. The highest BCUT2D eigenvalue weighted by Crippen LogP contribution is 2.20. The lowest BCUT2D eigenvalue weighted by molar-refractivity contribution is -0.384. The Bertz CT molecular complexity index is 855. The molecule has 0 saturated carbocycles. The predicted octanol–water partition coefficient (Wildman–Crippen LogP) is 4.47. The van der Waals surface area contributed by atoms with Crippen LogP contribution in [0.5, 0.6) is 0 Å². The minimum absolute atomic E-state index is 0.0140. The van der Waals surface area contributed by atoms with Crippen molar-refractivity contribution in [1.82, 2.24) is 10.1 Å². The van der Waals surface area contributed by atoms with Crippen LogP contribution in [0.3, 0.4) is 0 Å². The number of halogens is 1. The molecular weight excluding hydrogens is 318 g/mol. The Morgan fingerprint density at radius 3 is 2.39 bits per heavy atom. The quantitative estimate of drug-likeness (QED) is 0.521. The van der Waals surface area contributed by atoms with E-state index >= 15 is 0 Å². The van der Waals surface area contributed by atoms with Crippen molar-refractivity contribution in [2.24, 2.45) is 0 Å². The maximum atomic E-state index is 10.6. The summed E-state index contributed by atoms with van der Waals surface area (Å²) in [5.41, 5.74) is 1.61. The average molecular weight is 328 g/mol. The van der Waals surface area contributed by atoms with E-state index in [0.717, 1.165) is 5.56 Å². The summed E-state index contributed by atoms with van der Waals surface area (Å²) in [7, 11) is 0. The molecule has 1 heterocycles. The molecule has 0 radical (unpaired) electrons. The maximum Gasteiger partial charge on any atom is 0.269 e. The molecule has 0 aliphatic heterocycles. The number of hydrogen-bond acceptors (Lipinski definition) is 5. The molecule has 2 aromatic carbocycles. The molecule has 0 atom stereocenters. The maximum absolute atomic E-state index is 10.6. The molecule has 0 bridgehead atoms. The van der Waals surface area contributed by atoms with Crippen molar-refractivity contribution in [3.63, 3.8) is 0 Å². The van der Waals surface area contributed by atoms with Crippen LogP contribution < -0.4 is 0 Å². The van der Waals surface area contributed by atoms with E-state index in [1.54, 1.807) is 30.3 Å². The van der Waals surface area contributed by atoms with E-state index < -0.39 is 4.92 Å². The lowest BCUT2D eigenvalue weighted by Crippen LogP contribution is -1.87. The second-order valence-electron chi connectivity index (χ2n) is 4.65. The van der Waals surface area contributed by atoms with Crippen molar-refractivity contribution in [2.45, 2.75) is 0 Å². The highest BCUT2D eigenvalue weighted by Gasteiger charge is 2.09. The van der Waals surface area contributed by atoms with Crippen molar-refractivity contribution in [3.05, 3.63) is 75.1 Å². The predicted molar refractivity (Wildman–Crippen MR) is 86.8 cm³/mol. The van der Waals surface area contributed by atoms with Gasteiger partial charge < -0.3 is 4.52 Å². The summed E-state index contributed by atoms with van der Waals surface area (Å²) >= 11 is 5.82. The van der Waals surface area contributed by atoms with Gasteiger partial charge in [-0.1, -0.05) is 28.9 Å². The zero-order chi connectivity index (χ0) is 16.2. The second kappa shape index (κ2) is 6.41. The summed E-state index contributed by atoms with van der Waals surface area (Å²) in [5.74, 6) is 0.712. The van der Waals surface area contributed by atoms with Gasteiger partial charge in [-0.2, -0.15) is 4.98 Å². The van der Waals surface area contributed by atoms with Gasteiger partial charge in [0.2, 0.25) is 5.82 Å². The molecule has 3 aromatic rings. The Hall–Kier alpha value is -2.99. The third-order valence-corrected chi connectivity index (χ3v) is 3.32. The molecule has 0 aliphatic carbocycles. The largest absolute Gasteiger partial charge is 0.334 e. The molecule has 6 nitrogen and oxygen atoms in total. The number of nitrogens with zero attached hydrogens (tertiary/aromatic N) is 3. The minimum atomic E-state index is -0.458. The number of aromatic nitrogens is 2. The Kier molecular flexibility index (Phi) is 4.16. The third kappa shape index (κ3) is 3.61. The minimum Gasteiger partial charge on any atom is -0.334 e. The van der Waals surface area contributed by atoms with E-state index in [2.05, 4.69) is 10.1 Å². The van der Waals surface area contributed by atoms with Crippen LogP contribution in [0.1, 0.15) is 11.5 Å². The molecule has 0 spiro atoms. The van der Waals surface area contributed by atoms with Crippen molar-refractivity contribution in [1.29, 1.82) is 0 Å². The Morgan fingerprint density at radius 2 is 1.74 bits per heavy atom. The highest BCUT2D eigenvalue weighted by molar-refractivity contribution is 6.30. The molecule has 0 aliphatic rings. The Labute approximate surface area is 136 Å². The first-order valence-corrected chi connectivity index (χ1v) is 7.02. The zero-order valence-corrected chi connectivity index (χ0v) is 12.5. The van der Waals surface area contributed by atoms with Crippen LogP contribution in [0.4, 0.5) is 5.69 Å². The van der Waals surface area contributed by atoms with Gasteiger partial charge in [0.1, 0.15) is 0 Å². The van der Waals surface area contributed by atoms with Gasteiger partial charge in [0.15, 0.2) is 0 Å². The molecular formula is C16H10ClN3O3. The van der Waals surface area contributed by atoms with Crippen LogP contribution in [0.2, 0.25) is 5.02 Å². The molecule has 0 N–H and O–H groups in total. The fourth-order valence-electron chi connectivity index (χ4n) is 1.89. The van der Waals surface area contributed by atoms with E-state index in [9.17, 15) is 10.1 Å². The number of nitro groups is 1. The molecule has 0 amide bonds. The number of hydrogen-bond donors (Lipinski definition) is 0. The molecule has 7 heteroatoms. The van der Waals surface area contributed by atoms with E-state index in [0.29, 0.717) is 22.3 Å². The van der Waals surface area contributed by atoms with Crippen LogP contribution in [0.15, 0.2) is 53.1 Å². The Balaban J connectivity index is 1.77. The summed E-state index contributed by atoms with van der Waals surface area (Å²) in [5, 5.41) is 15.2. The second-order valence-corrected chi connectivity index (χ2v) is 5.08.